The number of carboxylic acid groups (broad SMARTS) is 1. The van der Waals surface area contributed by atoms with Gasteiger partial charge < -0.3 is 5.11 Å². The molecule has 0 aliphatic carbocycles. The van der Waals surface area contributed by atoms with E-state index in [0.29, 0.717) is 12.8 Å². The lowest BCUT2D eigenvalue weighted by molar-refractivity contribution is -0.327. The smallest absolute Gasteiger partial charge is 0.379 e. The summed E-state index contributed by atoms with van der Waals surface area (Å²) in [5, 5.41) is 8.44. The largest absolute Gasteiger partial charge is 0.477 e. The Morgan fingerprint density at radius 1 is 1.33 bits per heavy atom. The van der Waals surface area contributed by atoms with Crippen molar-refractivity contribution in [3.8, 4) is 0 Å². The van der Waals surface area contributed by atoms with Crippen molar-refractivity contribution >= 4 is 11.9 Å². The standard InChI is InChI=1S/C10H16O5/c1-5-10(4,6-2)15-14-9(13)7(3)8(11)12/h3,5-6H2,1-2,4H3,(H,11,12). The van der Waals surface area contributed by atoms with Crippen LogP contribution in [-0.2, 0) is 19.4 Å². The minimum Gasteiger partial charge on any atom is -0.477 e. The highest BCUT2D eigenvalue weighted by Gasteiger charge is 2.26. The second-order valence-corrected chi connectivity index (χ2v) is 3.39. The molecule has 0 atom stereocenters. The van der Waals surface area contributed by atoms with Gasteiger partial charge in [0.25, 0.3) is 0 Å². The van der Waals surface area contributed by atoms with Crippen LogP contribution in [0.2, 0.25) is 0 Å². The van der Waals surface area contributed by atoms with Gasteiger partial charge in [-0.1, -0.05) is 20.4 Å². The molecule has 5 nitrogen and oxygen atoms in total. The van der Waals surface area contributed by atoms with E-state index in [-0.39, 0.29) is 0 Å². The van der Waals surface area contributed by atoms with Crippen molar-refractivity contribution in [2.24, 2.45) is 0 Å². The SMILES string of the molecule is C=C(C(=O)O)C(=O)OOC(C)(CC)CC. The highest BCUT2D eigenvalue weighted by Crippen LogP contribution is 2.19. The summed E-state index contributed by atoms with van der Waals surface area (Å²) in [5.74, 6) is -2.49. The summed E-state index contributed by atoms with van der Waals surface area (Å²) in [7, 11) is 0. The van der Waals surface area contributed by atoms with E-state index >= 15 is 0 Å². The molecule has 1 N–H and O–H groups in total. The van der Waals surface area contributed by atoms with Crippen molar-refractivity contribution in [3.63, 3.8) is 0 Å². The quantitative estimate of drug-likeness (QED) is 0.240. The Morgan fingerprint density at radius 3 is 2.13 bits per heavy atom. The molecule has 15 heavy (non-hydrogen) atoms. The highest BCUT2D eigenvalue weighted by atomic mass is 17.2. The molecule has 0 amide bonds. The fraction of sp³-hybridized carbons (Fsp3) is 0.600. The van der Waals surface area contributed by atoms with Crippen LogP contribution in [0.4, 0.5) is 0 Å². The fourth-order valence-corrected chi connectivity index (χ4v) is 0.644. The molecule has 0 unspecified atom stereocenters. The maximum Gasteiger partial charge on any atom is 0.379 e. The number of carbonyl (C=O) groups excluding carboxylic acids is 1. The van der Waals surface area contributed by atoms with E-state index in [0.717, 1.165) is 0 Å². The van der Waals surface area contributed by atoms with Crippen molar-refractivity contribution in [3.05, 3.63) is 12.2 Å². The number of hydrogen-bond acceptors (Lipinski definition) is 4. The van der Waals surface area contributed by atoms with Crippen molar-refractivity contribution in [2.45, 2.75) is 39.2 Å². The maximum absolute atomic E-state index is 11.0. The van der Waals surface area contributed by atoms with Crippen molar-refractivity contribution in [1.29, 1.82) is 0 Å². The third-order valence-corrected chi connectivity index (χ3v) is 2.32. The van der Waals surface area contributed by atoms with E-state index in [1.54, 1.807) is 6.92 Å². The van der Waals surface area contributed by atoms with E-state index in [1.807, 2.05) is 13.8 Å². The molecule has 86 valence electrons. The summed E-state index contributed by atoms with van der Waals surface area (Å²) in [4.78, 5) is 30.7. The minimum absolute atomic E-state index is 0.589. The number of hydrogen-bond donors (Lipinski definition) is 1. The Kier molecular flexibility index (Phi) is 5.00. The van der Waals surface area contributed by atoms with Crippen LogP contribution in [-0.4, -0.2) is 22.6 Å². The van der Waals surface area contributed by atoms with Crippen LogP contribution < -0.4 is 0 Å². The van der Waals surface area contributed by atoms with Crippen LogP contribution >= 0.6 is 0 Å². The summed E-state index contributed by atoms with van der Waals surface area (Å²) >= 11 is 0. The van der Waals surface area contributed by atoms with E-state index < -0.39 is 23.1 Å². The number of rotatable bonds is 6. The summed E-state index contributed by atoms with van der Waals surface area (Å²) in [6.07, 6.45) is 1.30. The monoisotopic (exact) mass is 216 g/mol. The van der Waals surface area contributed by atoms with E-state index in [2.05, 4.69) is 11.5 Å². The summed E-state index contributed by atoms with van der Waals surface area (Å²) < 4.78 is 0. The average molecular weight is 216 g/mol. The van der Waals surface area contributed by atoms with Crippen LogP contribution in [0.3, 0.4) is 0 Å². The normalized spacial score (nSPS) is 10.9. The Labute approximate surface area is 88.6 Å². The Morgan fingerprint density at radius 2 is 1.80 bits per heavy atom. The second kappa shape index (κ2) is 5.50. The van der Waals surface area contributed by atoms with E-state index in [4.69, 9.17) is 9.99 Å². The lowest BCUT2D eigenvalue weighted by Crippen LogP contribution is -2.29. The molecule has 0 saturated heterocycles. The third-order valence-electron chi connectivity index (χ3n) is 2.32. The van der Waals surface area contributed by atoms with E-state index in [9.17, 15) is 9.59 Å². The van der Waals surface area contributed by atoms with Gasteiger partial charge in [0.05, 0.1) is 0 Å². The lowest BCUT2D eigenvalue weighted by atomic mass is 10.0. The molecular weight excluding hydrogens is 200 g/mol. The van der Waals surface area contributed by atoms with Gasteiger partial charge >= 0.3 is 11.9 Å². The van der Waals surface area contributed by atoms with Crippen LogP contribution in [0.1, 0.15) is 33.6 Å². The van der Waals surface area contributed by atoms with Gasteiger partial charge in [-0.15, -0.1) is 0 Å². The fourth-order valence-electron chi connectivity index (χ4n) is 0.644. The zero-order valence-electron chi connectivity index (χ0n) is 9.20. The number of carboxylic acids is 1. The topological polar surface area (TPSA) is 72.8 Å². The first-order valence-electron chi connectivity index (χ1n) is 4.68. The molecule has 0 aliphatic heterocycles. The minimum atomic E-state index is -1.42. The van der Waals surface area contributed by atoms with Gasteiger partial charge in [0.15, 0.2) is 0 Å². The Balaban J connectivity index is 4.22. The molecule has 0 aromatic heterocycles. The molecule has 0 aliphatic rings. The van der Waals surface area contributed by atoms with Gasteiger partial charge in [-0.25, -0.2) is 9.59 Å². The molecule has 0 saturated carbocycles. The Hall–Kier alpha value is -1.36. The van der Waals surface area contributed by atoms with Crippen LogP contribution in [0.15, 0.2) is 12.2 Å². The first-order valence-corrected chi connectivity index (χ1v) is 4.68. The molecule has 0 fully saturated rings. The average Bonchev–Trinajstić information content (AvgIpc) is 2.24. The van der Waals surface area contributed by atoms with Crippen molar-refractivity contribution in [1.82, 2.24) is 0 Å². The molecule has 0 aromatic carbocycles. The Bertz CT molecular complexity index is 265. The zero-order valence-corrected chi connectivity index (χ0v) is 9.20. The molecule has 0 bridgehead atoms. The predicted octanol–water partition coefficient (Wildman–Crippen LogP) is 1.68. The molecule has 0 heterocycles. The molecule has 0 spiro atoms. The number of aliphatic carboxylic acids is 1. The van der Waals surface area contributed by atoms with Gasteiger partial charge in [0.1, 0.15) is 11.2 Å². The summed E-state index contributed by atoms with van der Waals surface area (Å²) in [6.45, 7) is 8.58. The first-order chi connectivity index (χ1) is 6.86. The van der Waals surface area contributed by atoms with Gasteiger partial charge in [-0.2, -0.15) is 4.89 Å². The lowest BCUT2D eigenvalue weighted by Gasteiger charge is -2.24. The van der Waals surface area contributed by atoms with Crippen molar-refractivity contribution < 1.29 is 24.5 Å². The van der Waals surface area contributed by atoms with Crippen LogP contribution in [0.5, 0.6) is 0 Å². The molecule has 5 heteroatoms. The predicted molar refractivity (Wildman–Crippen MR) is 52.9 cm³/mol. The molecule has 0 aromatic rings. The van der Waals surface area contributed by atoms with Gasteiger partial charge in [0, 0.05) is 0 Å². The summed E-state index contributed by atoms with van der Waals surface area (Å²) in [6, 6.07) is 0. The molecule has 0 radical (unpaired) electrons. The second-order valence-electron chi connectivity index (χ2n) is 3.39. The van der Waals surface area contributed by atoms with Crippen LogP contribution in [0.25, 0.3) is 0 Å². The van der Waals surface area contributed by atoms with Gasteiger partial charge in [0.2, 0.25) is 0 Å². The van der Waals surface area contributed by atoms with E-state index in [1.165, 1.54) is 0 Å². The summed E-state index contributed by atoms with van der Waals surface area (Å²) in [5.41, 5.74) is -1.24. The molecule has 0 rings (SSSR count). The zero-order chi connectivity index (χ0) is 12.1. The van der Waals surface area contributed by atoms with Crippen molar-refractivity contribution in [2.75, 3.05) is 0 Å². The van der Waals surface area contributed by atoms with Gasteiger partial charge in [-0.05, 0) is 19.8 Å². The first kappa shape index (κ1) is 13.6. The van der Waals surface area contributed by atoms with Gasteiger partial charge in [-0.3, -0.25) is 4.89 Å². The third kappa shape index (κ3) is 4.12. The van der Waals surface area contributed by atoms with Crippen LogP contribution in [0, 0.1) is 0 Å². The molecular formula is C10H16O5. The number of carbonyl (C=O) groups is 2. The maximum atomic E-state index is 11.0. The highest BCUT2D eigenvalue weighted by molar-refractivity contribution is 6.12.